The van der Waals surface area contributed by atoms with Gasteiger partial charge in [0.1, 0.15) is 12.6 Å². The van der Waals surface area contributed by atoms with Crippen LogP contribution in [0.2, 0.25) is 0 Å². The zero-order chi connectivity index (χ0) is 20.6. The van der Waals surface area contributed by atoms with E-state index in [1.807, 2.05) is 24.3 Å². The molecule has 2 aromatic carbocycles. The number of ether oxygens (including phenoxy) is 1. The molecule has 0 aliphatic carbocycles. The third-order valence-corrected chi connectivity index (χ3v) is 4.26. The molecule has 1 N–H and O–H groups in total. The fraction of sp³-hybridized carbons (Fsp3) is 0.238. The second-order valence-corrected chi connectivity index (χ2v) is 6.44. The van der Waals surface area contributed by atoms with Gasteiger partial charge in [0.15, 0.2) is 0 Å². The summed E-state index contributed by atoms with van der Waals surface area (Å²) in [4.78, 5) is 53.1. The Morgan fingerprint density at radius 1 is 0.897 bits per heavy atom. The highest BCUT2D eigenvalue weighted by atomic mass is 16.7. The van der Waals surface area contributed by atoms with E-state index in [-0.39, 0.29) is 25.9 Å². The molecule has 3 amide bonds. The van der Waals surface area contributed by atoms with E-state index in [1.54, 1.807) is 36.4 Å². The number of alkyl carbamates (subject to hydrolysis) is 1. The van der Waals surface area contributed by atoms with Gasteiger partial charge in [0.25, 0.3) is 11.8 Å². The molecule has 0 bridgehead atoms. The molecule has 0 radical (unpaired) electrons. The molecule has 0 spiro atoms. The second-order valence-electron chi connectivity index (χ2n) is 6.44. The van der Waals surface area contributed by atoms with E-state index in [2.05, 4.69) is 5.32 Å². The third-order valence-electron chi connectivity index (χ3n) is 4.26. The van der Waals surface area contributed by atoms with Crippen molar-refractivity contribution >= 4 is 23.9 Å². The minimum atomic E-state index is -1.14. The van der Waals surface area contributed by atoms with Crippen molar-refractivity contribution in [2.24, 2.45) is 0 Å². The van der Waals surface area contributed by atoms with Gasteiger partial charge in [-0.15, -0.1) is 5.06 Å². The molecule has 1 atom stereocenters. The summed E-state index contributed by atoms with van der Waals surface area (Å²) in [5, 5.41) is 2.91. The molecular weight excluding hydrogens is 376 g/mol. The summed E-state index contributed by atoms with van der Waals surface area (Å²) in [6.07, 6.45) is -0.730. The standard InChI is InChI=1S/C21H20N2O6/c24-18-11-12-19(25)23(18)29-20(26)17(13-15-7-3-1-4-8-15)22-21(27)28-14-16-9-5-2-6-10-16/h1-10,17H,11-14H2,(H,22,27)/t17-/m0/s1. The molecule has 150 valence electrons. The van der Waals surface area contributed by atoms with E-state index >= 15 is 0 Å². The number of hydrogen-bond donors (Lipinski definition) is 1. The number of hydrogen-bond acceptors (Lipinski definition) is 6. The van der Waals surface area contributed by atoms with Crippen LogP contribution >= 0.6 is 0 Å². The summed E-state index contributed by atoms with van der Waals surface area (Å²) in [5.74, 6) is -2.10. The molecule has 0 unspecified atom stereocenters. The van der Waals surface area contributed by atoms with Crippen LogP contribution < -0.4 is 5.32 Å². The molecule has 0 saturated carbocycles. The Morgan fingerprint density at radius 2 is 1.45 bits per heavy atom. The van der Waals surface area contributed by atoms with Gasteiger partial charge in [0.2, 0.25) is 0 Å². The lowest BCUT2D eigenvalue weighted by Crippen LogP contribution is -2.46. The quantitative estimate of drug-likeness (QED) is 0.720. The highest BCUT2D eigenvalue weighted by Crippen LogP contribution is 2.14. The van der Waals surface area contributed by atoms with Crippen LogP contribution in [-0.2, 0) is 37.0 Å². The van der Waals surface area contributed by atoms with E-state index in [9.17, 15) is 19.2 Å². The van der Waals surface area contributed by atoms with Crippen molar-refractivity contribution in [2.75, 3.05) is 0 Å². The number of carbonyl (C=O) groups excluding carboxylic acids is 4. The molecule has 1 aliphatic heterocycles. The average Bonchev–Trinajstić information content (AvgIpc) is 3.05. The molecule has 1 fully saturated rings. The number of nitrogens with zero attached hydrogens (tertiary/aromatic N) is 1. The number of benzene rings is 2. The zero-order valence-electron chi connectivity index (χ0n) is 15.6. The average molecular weight is 396 g/mol. The van der Waals surface area contributed by atoms with Gasteiger partial charge in [0.05, 0.1) is 0 Å². The Bertz CT molecular complexity index is 869. The summed E-state index contributed by atoms with van der Waals surface area (Å²) in [6.45, 7) is 0.0306. The first-order valence-corrected chi connectivity index (χ1v) is 9.11. The largest absolute Gasteiger partial charge is 0.445 e. The van der Waals surface area contributed by atoms with E-state index < -0.39 is 29.9 Å². The summed E-state index contributed by atoms with van der Waals surface area (Å²) < 4.78 is 5.15. The van der Waals surface area contributed by atoms with Crippen molar-refractivity contribution in [3.63, 3.8) is 0 Å². The lowest BCUT2D eigenvalue weighted by Gasteiger charge is -2.20. The lowest BCUT2D eigenvalue weighted by molar-refractivity contribution is -0.198. The maximum Gasteiger partial charge on any atom is 0.408 e. The van der Waals surface area contributed by atoms with Crippen LogP contribution in [0.1, 0.15) is 24.0 Å². The molecule has 1 heterocycles. The predicted octanol–water partition coefficient (Wildman–Crippen LogP) is 2.13. The van der Waals surface area contributed by atoms with Gasteiger partial charge >= 0.3 is 12.1 Å². The zero-order valence-corrected chi connectivity index (χ0v) is 15.6. The smallest absolute Gasteiger partial charge is 0.408 e. The molecule has 8 heteroatoms. The van der Waals surface area contributed by atoms with E-state index in [4.69, 9.17) is 9.57 Å². The van der Waals surface area contributed by atoms with Crippen LogP contribution in [0.4, 0.5) is 4.79 Å². The monoisotopic (exact) mass is 396 g/mol. The Kier molecular flexibility index (Phi) is 6.57. The van der Waals surface area contributed by atoms with Crippen molar-refractivity contribution in [3.8, 4) is 0 Å². The van der Waals surface area contributed by atoms with Gasteiger partial charge in [-0.25, -0.2) is 9.59 Å². The second kappa shape index (κ2) is 9.50. The lowest BCUT2D eigenvalue weighted by atomic mass is 10.1. The summed E-state index contributed by atoms with van der Waals surface area (Å²) >= 11 is 0. The van der Waals surface area contributed by atoms with Crippen LogP contribution in [0.15, 0.2) is 60.7 Å². The van der Waals surface area contributed by atoms with Gasteiger partial charge in [-0.05, 0) is 11.1 Å². The predicted molar refractivity (Wildman–Crippen MR) is 101 cm³/mol. The van der Waals surface area contributed by atoms with E-state index in [1.165, 1.54) is 0 Å². The Hall–Kier alpha value is -3.68. The Balaban J connectivity index is 1.65. The van der Waals surface area contributed by atoms with Gasteiger partial charge in [-0.2, -0.15) is 0 Å². The highest BCUT2D eigenvalue weighted by molar-refractivity contribution is 6.01. The van der Waals surface area contributed by atoms with Crippen molar-refractivity contribution < 1.29 is 28.8 Å². The Labute approximate surface area is 167 Å². The van der Waals surface area contributed by atoms with Crippen molar-refractivity contribution in [1.29, 1.82) is 0 Å². The van der Waals surface area contributed by atoms with Crippen molar-refractivity contribution in [3.05, 3.63) is 71.8 Å². The summed E-state index contributed by atoms with van der Waals surface area (Å²) in [5.41, 5.74) is 1.55. The molecule has 1 aliphatic rings. The third kappa shape index (κ3) is 5.65. The molecule has 2 aromatic rings. The number of nitrogens with one attached hydrogen (secondary N) is 1. The number of imide groups is 1. The molecule has 29 heavy (non-hydrogen) atoms. The summed E-state index contributed by atoms with van der Waals surface area (Å²) in [6, 6.07) is 16.9. The number of hydroxylamine groups is 2. The fourth-order valence-electron chi connectivity index (χ4n) is 2.76. The van der Waals surface area contributed by atoms with Crippen LogP contribution in [0, 0.1) is 0 Å². The topological polar surface area (TPSA) is 102 Å². The van der Waals surface area contributed by atoms with Crippen LogP contribution in [0.3, 0.4) is 0 Å². The maximum absolute atomic E-state index is 12.6. The minimum absolute atomic E-state index is 0.0119. The van der Waals surface area contributed by atoms with E-state index in [0.29, 0.717) is 5.06 Å². The van der Waals surface area contributed by atoms with Crippen LogP contribution in [0.25, 0.3) is 0 Å². The number of carbonyl (C=O) groups is 4. The first kappa shape index (κ1) is 20.1. The number of amides is 3. The fourth-order valence-corrected chi connectivity index (χ4v) is 2.76. The van der Waals surface area contributed by atoms with Gasteiger partial charge in [-0.3, -0.25) is 9.59 Å². The first-order valence-electron chi connectivity index (χ1n) is 9.11. The maximum atomic E-state index is 12.6. The minimum Gasteiger partial charge on any atom is -0.445 e. The van der Waals surface area contributed by atoms with E-state index in [0.717, 1.165) is 11.1 Å². The molecular formula is C21H20N2O6. The molecule has 1 saturated heterocycles. The molecule has 3 rings (SSSR count). The highest BCUT2D eigenvalue weighted by Gasteiger charge is 2.35. The molecule has 8 nitrogen and oxygen atoms in total. The van der Waals surface area contributed by atoms with Gasteiger partial charge < -0.3 is 14.9 Å². The first-order chi connectivity index (χ1) is 14.0. The van der Waals surface area contributed by atoms with Gasteiger partial charge in [-0.1, -0.05) is 60.7 Å². The van der Waals surface area contributed by atoms with Crippen molar-refractivity contribution in [2.45, 2.75) is 31.9 Å². The number of rotatable bonds is 7. The molecule has 0 aromatic heterocycles. The van der Waals surface area contributed by atoms with Crippen LogP contribution in [0.5, 0.6) is 0 Å². The van der Waals surface area contributed by atoms with Crippen LogP contribution in [-0.4, -0.2) is 35.0 Å². The normalized spacial score (nSPS) is 14.4. The van der Waals surface area contributed by atoms with Gasteiger partial charge in [0, 0.05) is 19.3 Å². The summed E-state index contributed by atoms with van der Waals surface area (Å²) in [7, 11) is 0. The Morgan fingerprint density at radius 3 is 2.03 bits per heavy atom. The SMILES string of the molecule is O=C(N[C@@H](Cc1ccccc1)C(=O)ON1C(=O)CCC1=O)OCc1ccccc1. The van der Waals surface area contributed by atoms with Crippen molar-refractivity contribution in [1.82, 2.24) is 10.4 Å².